The molecule has 2 rings (SSSR count). The molecule has 0 aliphatic carbocycles. The predicted octanol–water partition coefficient (Wildman–Crippen LogP) is 3.68. The van der Waals surface area contributed by atoms with Crippen LogP contribution in [0.3, 0.4) is 0 Å². The number of benzene rings is 2. The second kappa shape index (κ2) is 6.67. The topological polar surface area (TPSA) is 89.3 Å². The van der Waals surface area contributed by atoms with Crippen molar-refractivity contribution in [2.45, 2.75) is 18.4 Å². The minimum absolute atomic E-state index is 0.293. The van der Waals surface area contributed by atoms with Gasteiger partial charge in [0.15, 0.2) is 9.84 Å². The van der Waals surface area contributed by atoms with Gasteiger partial charge in [-0.3, -0.25) is 10.1 Å². The molecule has 0 unspecified atom stereocenters. The third kappa shape index (κ3) is 4.29. The molecule has 0 aliphatic heterocycles. The summed E-state index contributed by atoms with van der Waals surface area (Å²) in [6, 6.07) is 9.87. The maximum atomic E-state index is 11.7. The number of nitrogens with one attached hydrogen (secondary N) is 1. The van der Waals surface area contributed by atoms with Gasteiger partial charge in [-0.1, -0.05) is 22.0 Å². The van der Waals surface area contributed by atoms with E-state index in [-0.39, 0.29) is 4.90 Å². The molecule has 0 amide bonds. The van der Waals surface area contributed by atoms with Gasteiger partial charge in [-0.15, -0.1) is 0 Å². The van der Waals surface area contributed by atoms with Crippen LogP contribution in [0.5, 0.6) is 0 Å². The fourth-order valence-corrected chi connectivity index (χ4v) is 3.37. The molecule has 8 heteroatoms. The Balaban J connectivity index is 2.31. The van der Waals surface area contributed by atoms with Crippen LogP contribution in [0.2, 0.25) is 0 Å². The second-order valence-electron chi connectivity index (χ2n) is 5.14. The molecule has 0 radical (unpaired) electrons. The molecule has 0 fully saturated rings. The number of halogens is 1. The zero-order valence-corrected chi connectivity index (χ0v) is 14.9. The molecule has 2 aromatic rings. The lowest BCUT2D eigenvalue weighted by Gasteiger charge is -2.11. The number of anilines is 1. The van der Waals surface area contributed by atoms with E-state index in [9.17, 15) is 18.5 Å². The Morgan fingerprint density at radius 2 is 1.91 bits per heavy atom. The van der Waals surface area contributed by atoms with E-state index in [4.69, 9.17) is 0 Å². The summed E-state index contributed by atoms with van der Waals surface area (Å²) in [7, 11) is -3.69. The SMILES string of the molecule is Cc1ccc(Br)cc1CNc1ccc([N+](=O)[O-])c(S(C)(=O)=O)c1. The summed E-state index contributed by atoms with van der Waals surface area (Å²) in [5.41, 5.74) is 2.22. The van der Waals surface area contributed by atoms with Crippen LogP contribution in [0.1, 0.15) is 11.1 Å². The number of aryl methyl sites for hydroxylation is 1. The molecular weight excluding hydrogens is 384 g/mol. The van der Waals surface area contributed by atoms with Crippen molar-refractivity contribution in [2.75, 3.05) is 11.6 Å². The molecule has 0 aromatic heterocycles. The molecule has 0 atom stereocenters. The highest BCUT2D eigenvalue weighted by atomic mass is 79.9. The van der Waals surface area contributed by atoms with Crippen molar-refractivity contribution in [1.29, 1.82) is 0 Å². The van der Waals surface area contributed by atoms with Crippen LogP contribution in [0.25, 0.3) is 0 Å². The molecular formula is C15H15BrN2O4S. The van der Waals surface area contributed by atoms with E-state index >= 15 is 0 Å². The van der Waals surface area contributed by atoms with Crippen molar-refractivity contribution >= 4 is 37.1 Å². The van der Waals surface area contributed by atoms with Crippen LogP contribution < -0.4 is 5.32 Å². The minimum Gasteiger partial charge on any atom is -0.381 e. The smallest absolute Gasteiger partial charge is 0.288 e. The summed E-state index contributed by atoms with van der Waals surface area (Å²) < 4.78 is 24.4. The average Bonchev–Trinajstić information content (AvgIpc) is 2.47. The van der Waals surface area contributed by atoms with Crippen LogP contribution >= 0.6 is 15.9 Å². The monoisotopic (exact) mass is 398 g/mol. The molecule has 0 heterocycles. The summed E-state index contributed by atoms with van der Waals surface area (Å²) in [4.78, 5) is 9.97. The summed E-state index contributed by atoms with van der Waals surface area (Å²) in [6.07, 6.45) is 0.956. The summed E-state index contributed by atoms with van der Waals surface area (Å²) >= 11 is 3.40. The highest BCUT2D eigenvalue weighted by Crippen LogP contribution is 2.27. The van der Waals surface area contributed by atoms with Crippen molar-refractivity contribution in [2.24, 2.45) is 0 Å². The molecule has 6 nitrogen and oxygen atoms in total. The highest BCUT2D eigenvalue weighted by Gasteiger charge is 2.22. The van der Waals surface area contributed by atoms with Gasteiger partial charge in [-0.25, -0.2) is 8.42 Å². The van der Waals surface area contributed by atoms with Gasteiger partial charge in [0.05, 0.1) is 4.92 Å². The van der Waals surface area contributed by atoms with Crippen molar-refractivity contribution in [3.63, 3.8) is 0 Å². The largest absolute Gasteiger partial charge is 0.381 e. The predicted molar refractivity (Wildman–Crippen MR) is 92.4 cm³/mol. The van der Waals surface area contributed by atoms with Gasteiger partial charge >= 0.3 is 0 Å². The molecule has 0 bridgehead atoms. The number of nitro benzene ring substituents is 1. The second-order valence-corrected chi connectivity index (χ2v) is 8.04. The number of nitro groups is 1. The lowest BCUT2D eigenvalue weighted by atomic mass is 10.1. The van der Waals surface area contributed by atoms with Gasteiger partial charge < -0.3 is 5.32 Å². The zero-order valence-electron chi connectivity index (χ0n) is 12.5. The number of hydrogen-bond donors (Lipinski definition) is 1. The zero-order chi connectivity index (χ0) is 17.2. The standard InChI is InChI=1S/C15H15BrN2O4S/c1-10-3-4-12(16)7-11(10)9-17-13-5-6-14(18(19)20)15(8-13)23(2,21)22/h3-8,17H,9H2,1-2H3. The van der Waals surface area contributed by atoms with Gasteiger partial charge in [-0.2, -0.15) is 0 Å². The highest BCUT2D eigenvalue weighted by molar-refractivity contribution is 9.10. The maximum Gasteiger partial charge on any atom is 0.288 e. The number of nitrogens with zero attached hydrogens (tertiary/aromatic N) is 1. The van der Waals surface area contributed by atoms with Crippen molar-refractivity contribution in [1.82, 2.24) is 0 Å². The molecule has 0 aliphatic rings. The first-order valence-electron chi connectivity index (χ1n) is 6.66. The fourth-order valence-electron chi connectivity index (χ4n) is 2.10. The van der Waals surface area contributed by atoms with Gasteiger partial charge in [-0.05, 0) is 42.3 Å². The molecule has 0 spiro atoms. The van der Waals surface area contributed by atoms with E-state index in [0.717, 1.165) is 21.9 Å². The van der Waals surface area contributed by atoms with E-state index in [1.807, 2.05) is 25.1 Å². The molecule has 2 aromatic carbocycles. The van der Waals surface area contributed by atoms with Gasteiger partial charge in [0, 0.05) is 29.0 Å². The first-order valence-corrected chi connectivity index (χ1v) is 9.34. The number of rotatable bonds is 5. The van der Waals surface area contributed by atoms with Crippen LogP contribution in [0, 0.1) is 17.0 Å². The lowest BCUT2D eigenvalue weighted by Crippen LogP contribution is -2.06. The fraction of sp³-hybridized carbons (Fsp3) is 0.200. The minimum atomic E-state index is -3.69. The summed E-state index contributed by atoms with van der Waals surface area (Å²) in [5.74, 6) is 0. The maximum absolute atomic E-state index is 11.7. The van der Waals surface area contributed by atoms with Crippen LogP contribution in [-0.4, -0.2) is 19.6 Å². The number of sulfone groups is 1. The van der Waals surface area contributed by atoms with E-state index in [2.05, 4.69) is 21.2 Å². The van der Waals surface area contributed by atoms with Crippen LogP contribution in [0.15, 0.2) is 45.8 Å². The Morgan fingerprint density at radius 3 is 2.52 bits per heavy atom. The van der Waals surface area contributed by atoms with Crippen LogP contribution in [0.4, 0.5) is 11.4 Å². The Hall–Kier alpha value is -1.93. The Kier molecular flexibility index (Phi) is 5.06. The van der Waals surface area contributed by atoms with E-state index < -0.39 is 20.4 Å². The van der Waals surface area contributed by atoms with Crippen molar-refractivity contribution < 1.29 is 13.3 Å². The molecule has 0 saturated heterocycles. The van der Waals surface area contributed by atoms with Gasteiger partial charge in [0.2, 0.25) is 0 Å². The summed E-state index contributed by atoms with van der Waals surface area (Å²) in [6.45, 7) is 2.45. The Labute approximate surface area is 142 Å². The van der Waals surface area contributed by atoms with Gasteiger partial charge in [0.25, 0.3) is 5.69 Å². The van der Waals surface area contributed by atoms with E-state index in [0.29, 0.717) is 12.2 Å². The van der Waals surface area contributed by atoms with Crippen molar-refractivity contribution in [3.05, 3.63) is 62.1 Å². The van der Waals surface area contributed by atoms with E-state index in [1.54, 1.807) is 0 Å². The van der Waals surface area contributed by atoms with Crippen LogP contribution in [-0.2, 0) is 16.4 Å². The molecule has 1 N–H and O–H groups in total. The first kappa shape index (κ1) is 17.4. The molecule has 0 saturated carbocycles. The summed E-state index contributed by atoms with van der Waals surface area (Å²) in [5, 5.41) is 14.1. The number of hydrogen-bond acceptors (Lipinski definition) is 5. The van der Waals surface area contributed by atoms with Crippen molar-refractivity contribution in [3.8, 4) is 0 Å². The molecule has 122 valence electrons. The lowest BCUT2D eigenvalue weighted by molar-refractivity contribution is -0.387. The normalized spacial score (nSPS) is 11.3. The third-order valence-corrected chi connectivity index (χ3v) is 4.97. The Morgan fingerprint density at radius 1 is 1.22 bits per heavy atom. The molecule has 23 heavy (non-hydrogen) atoms. The van der Waals surface area contributed by atoms with E-state index in [1.165, 1.54) is 18.2 Å². The Bertz CT molecular complexity index is 866. The first-order chi connectivity index (χ1) is 10.7. The quantitative estimate of drug-likeness (QED) is 0.612. The average molecular weight is 399 g/mol. The van der Waals surface area contributed by atoms with Gasteiger partial charge in [0.1, 0.15) is 4.90 Å². The third-order valence-electron chi connectivity index (χ3n) is 3.35.